The van der Waals surface area contributed by atoms with E-state index >= 15 is 0 Å². The van der Waals surface area contributed by atoms with Crippen molar-refractivity contribution in [2.24, 2.45) is 0 Å². The van der Waals surface area contributed by atoms with Gasteiger partial charge in [-0.05, 0) is 22.3 Å². The highest BCUT2D eigenvalue weighted by Gasteiger charge is 2.65. The van der Waals surface area contributed by atoms with Crippen molar-refractivity contribution >= 4 is 8.56 Å². The Kier molecular flexibility index (Phi) is 3.60. The molecular formula is C22H28O2Si. The zero-order chi connectivity index (χ0) is 18.0. The van der Waals surface area contributed by atoms with Crippen molar-refractivity contribution in [1.82, 2.24) is 0 Å². The number of benzene rings is 2. The molecule has 3 heteroatoms. The Hall–Kier alpha value is -1.42. The average Bonchev–Trinajstić information content (AvgIpc) is 2.97. The van der Waals surface area contributed by atoms with Gasteiger partial charge in [0, 0.05) is 10.1 Å². The summed E-state index contributed by atoms with van der Waals surface area (Å²) >= 11 is 0. The van der Waals surface area contributed by atoms with Gasteiger partial charge in [-0.3, -0.25) is 0 Å². The van der Waals surface area contributed by atoms with Crippen LogP contribution in [-0.2, 0) is 8.85 Å². The lowest BCUT2D eigenvalue weighted by molar-refractivity contribution is 0.157. The van der Waals surface area contributed by atoms with Gasteiger partial charge in [-0.25, -0.2) is 0 Å². The third kappa shape index (κ3) is 2.29. The van der Waals surface area contributed by atoms with Crippen LogP contribution in [0.4, 0.5) is 0 Å². The Morgan fingerprint density at radius 2 is 1.00 bits per heavy atom. The van der Waals surface area contributed by atoms with E-state index in [-0.39, 0.29) is 22.3 Å². The van der Waals surface area contributed by atoms with Gasteiger partial charge in [0.1, 0.15) is 12.2 Å². The van der Waals surface area contributed by atoms with Crippen LogP contribution in [0, 0.1) is 0 Å². The van der Waals surface area contributed by atoms with Gasteiger partial charge in [0.25, 0.3) is 0 Å². The molecule has 0 N–H and O–H groups in total. The van der Waals surface area contributed by atoms with Crippen molar-refractivity contribution in [3.05, 3.63) is 59.7 Å². The summed E-state index contributed by atoms with van der Waals surface area (Å²) in [5.41, 5.74) is 5.12. The lowest BCUT2D eigenvalue weighted by Crippen LogP contribution is -2.53. The summed E-state index contributed by atoms with van der Waals surface area (Å²) in [5, 5.41) is -0.0149. The molecule has 4 rings (SSSR count). The second-order valence-corrected chi connectivity index (χ2v) is 14.1. The van der Waals surface area contributed by atoms with Crippen molar-refractivity contribution in [3.63, 3.8) is 0 Å². The van der Waals surface area contributed by atoms with E-state index in [1.165, 1.54) is 22.3 Å². The highest BCUT2D eigenvalue weighted by Crippen LogP contribution is 2.64. The van der Waals surface area contributed by atoms with Gasteiger partial charge < -0.3 is 8.85 Å². The minimum Gasteiger partial charge on any atom is -0.383 e. The van der Waals surface area contributed by atoms with Gasteiger partial charge in [-0.15, -0.1) is 0 Å². The Labute approximate surface area is 152 Å². The maximum Gasteiger partial charge on any atom is 0.350 e. The van der Waals surface area contributed by atoms with E-state index in [1.54, 1.807) is 0 Å². The summed E-state index contributed by atoms with van der Waals surface area (Å²) in [5.74, 6) is 0. The number of fused-ring (bicyclic) bond motifs is 6. The molecule has 0 radical (unpaired) electrons. The molecule has 25 heavy (non-hydrogen) atoms. The van der Waals surface area contributed by atoms with Gasteiger partial charge in [-0.2, -0.15) is 0 Å². The molecule has 0 aromatic heterocycles. The quantitative estimate of drug-likeness (QED) is 0.501. The number of hydrogen-bond acceptors (Lipinski definition) is 2. The predicted octanol–water partition coefficient (Wildman–Crippen LogP) is 6.54. The second kappa shape index (κ2) is 5.29. The Balaban J connectivity index is 1.94. The Morgan fingerprint density at radius 3 is 1.36 bits per heavy atom. The van der Waals surface area contributed by atoms with Crippen molar-refractivity contribution in [2.75, 3.05) is 0 Å². The van der Waals surface area contributed by atoms with Gasteiger partial charge in [0.2, 0.25) is 0 Å². The van der Waals surface area contributed by atoms with Crippen LogP contribution in [0.5, 0.6) is 0 Å². The van der Waals surface area contributed by atoms with Crippen molar-refractivity contribution in [3.8, 4) is 11.1 Å². The van der Waals surface area contributed by atoms with Crippen LogP contribution in [0.25, 0.3) is 11.1 Å². The van der Waals surface area contributed by atoms with Gasteiger partial charge >= 0.3 is 8.56 Å². The van der Waals surface area contributed by atoms with Crippen molar-refractivity contribution < 1.29 is 8.85 Å². The maximum absolute atomic E-state index is 6.98. The van der Waals surface area contributed by atoms with E-state index in [2.05, 4.69) is 90.1 Å². The molecule has 0 spiro atoms. The molecule has 1 aliphatic heterocycles. The lowest BCUT2D eigenvalue weighted by atomic mass is 9.82. The summed E-state index contributed by atoms with van der Waals surface area (Å²) in [4.78, 5) is 0. The van der Waals surface area contributed by atoms with E-state index < -0.39 is 8.56 Å². The number of rotatable bonds is 0. The summed E-state index contributed by atoms with van der Waals surface area (Å²) < 4.78 is 14.0. The smallest absolute Gasteiger partial charge is 0.350 e. The van der Waals surface area contributed by atoms with Crippen molar-refractivity contribution in [1.29, 1.82) is 0 Å². The van der Waals surface area contributed by atoms with Crippen LogP contribution in [0.2, 0.25) is 10.1 Å². The molecule has 1 heterocycles. The van der Waals surface area contributed by atoms with Gasteiger partial charge in [-0.1, -0.05) is 90.1 Å². The third-order valence-electron chi connectivity index (χ3n) is 5.66. The zero-order valence-corrected chi connectivity index (χ0v) is 17.1. The van der Waals surface area contributed by atoms with E-state index in [1.807, 2.05) is 0 Å². The fourth-order valence-electron chi connectivity index (χ4n) is 4.78. The third-order valence-corrected chi connectivity index (χ3v) is 10.8. The first-order chi connectivity index (χ1) is 11.7. The van der Waals surface area contributed by atoms with Crippen molar-refractivity contribution in [2.45, 2.75) is 63.8 Å². The largest absolute Gasteiger partial charge is 0.383 e. The fraction of sp³-hybridized carbons (Fsp3) is 0.455. The first kappa shape index (κ1) is 17.0. The molecule has 2 atom stereocenters. The minimum atomic E-state index is -2.50. The van der Waals surface area contributed by atoms with E-state index in [0.29, 0.717) is 0 Å². The summed E-state index contributed by atoms with van der Waals surface area (Å²) in [6, 6.07) is 17.3. The molecule has 0 saturated carbocycles. The first-order valence-corrected chi connectivity index (χ1v) is 11.0. The van der Waals surface area contributed by atoms with E-state index in [9.17, 15) is 0 Å². The van der Waals surface area contributed by atoms with E-state index in [4.69, 9.17) is 8.85 Å². The molecule has 2 aromatic rings. The van der Waals surface area contributed by atoms with Crippen LogP contribution < -0.4 is 0 Å². The molecule has 1 fully saturated rings. The SMILES string of the molecule is CC(C)(C)[Si]1(C(C)(C)C)O[C@@H]2c3ccccc3-c3ccccc3[C@H]2O1. The van der Waals surface area contributed by atoms with Gasteiger partial charge in [0.15, 0.2) is 0 Å². The molecular weight excluding hydrogens is 324 g/mol. The standard InChI is InChI=1S/C22H28O2Si/c1-21(2,3)25(22(4,5)6)23-19-17-13-9-7-11-15(17)16-12-8-10-14-18(16)20(19)24-25/h7-14,19-20H,1-6H3/t19-,20-/m1/s1. The monoisotopic (exact) mass is 352 g/mol. The van der Waals surface area contributed by atoms with Crippen LogP contribution in [0.15, 0.2) is 48.5 Å². The van der Waals surface area contributed by atoms with Crippen LogP contribution >= 0.6 is 0 Å². The topological polar surface area (TPSA) is 18.5 Å². The van der Waals surface area contributed by atoms with E-state index in [0.717, 1.165) is 0 Å². The fourth-order valence-corrected chi connectivity index (χ4v) is 9.71. The van der Waals surface area contributed by atoms with Crippen LogP contribution in [0.3, 0.4) is 0 Å². The molecule has 132 valence electrons. The zero-order valence-electron chi connectivity index (χ0n) is 16.1. The molecule has 2 aromatic carbocycles. The molecule has 1 saturated heterocycles. The highest BCUT2D eigenvalue weighted by atomic mass is 28.4. The molecule has 1 aliphatic carbocycles. The van der Waals surface area contributed by atoms with Crippen LogP contribution in [-0.4, -0.2) is 8.56 Å². The Morgan fingerprint density at radius 1 is 0.640 bits per heavy atom. The summed E-state index contributed by atoms with van der Waals surface area (Å²) in [6.45, 7) is 13.7. The van der Waals surface area contributed by atoms with Crippen LogP contribution in [0.1, 0.15) is 64.9 Å². The molecule has 2 nitrogen and oxygen atoms in total. The molecule has 0 bridgehead atoms. The average molecular weight is 353 g/mol. The first-order valence-electron chi connectivity index (χ1n) is 9.20. The lowest BCUT2D eigenvalue weighted by Gasteiger charge is -2.45. The highest BCUT2D eigenvalue weighted by molar-refractivity contribution is 6.74. The second-order valence-electron chi connectivity index (χ2n) is 9.37. The molecule has 2 aliphatic rings. The molecule has 0 amide bonds. The van der Waals surface area contributed by atoms with Gasteiger partial charge in [0.05, 0.1) is 0 Å². The summed E-state index contributed by atoms with van der Waals surface area (Å²) in [6.07, 6.45) is -0.00701. The maximum atomic E-state index is 6.98. The molecule has 0 unspecified atom stereocenters. The normalized spacial score (nSPS) is 24.4. The predicted molar refractivity (Wildman–Crippen MR) is 105 cm³/mol. The minimum absolute atomic E-state index is 0.00350. The number of hydrogen-bond donors (Lipinski definition) is 0. The Bertz CT molecular complexity index is 744. The summed E-state index contributed by atoms with van der Waals surface area (Å²) in [7, 11) is -2.50.